The van der Waals surface area contributed by atoms with Gasteiger partial charge in [-0.2, -0.15) is 0 Å². The summed E-state index contributed by atoms with van der Waals surface area (Å²) < 4.78 is 0. The third-order valence-electron chi connectivity index (χ3n) is 4.41. The van der Waals surface area contributed by atoms with E-state index in [0.29, 0.717) is 0 Å². The third kappa shape index (κ3) is 10.8. The molecule has 2 heterocycles. The van der Waals surface area contributed by atoms with E-state index in [1.54, 1.807) is 0 Å². The van der Waals surface area contributed by atoms with E-state index < -0.39 is 0 Å². The largest absolute Gasteiger partial charge is 0.105 e. The van der Waals surface area contributed by atoms with Gasteiger partial charge in [0.1, 0.15) is 0 Å². The Kier molecular flexibility index (Phi) is 18.2. The van der Waals surface area contributed by atoms with Crippen LogP contribution in [-0.2, 0) is 34.1 Å². The quantitative estimate of drug-likeness (QED) is 0.298. The molecular formula is C24H28Fe2P2. The second-order valence-electron chi connectivity index (χ2n) is 6.28. The molecule has 2 aliphatic carbocycles. The van der Waals surface area contributed by atoms with Crippen LogP contribution in [-0.4, -0.2) is 0 Å². The first-order chi connectivity index (χ1) is 12.6. The maximum atomic E-state index is 2.34. The Hall–Kier alpha value is 1.64. The van der Waals surface area contributed by atoms with Crippen molar-refractivity contribution in [2.45, 2.75) is 27.7 Å². The minimum atomic E-state index is 0. The summed E-state index contributed by atoms with van der Waals surface area (Å²) in [7, 11) is 1.73. The molecule has 0 aromatic rings. The molecule has 2 unspecified atom stereocenters. The monoisotopic (exact) mass is 490 g/mol. The van der Waals surface area contributed by atoms with Gasteiger partial charge >= 0.3 is 0 Å². The molecule has 4 aliphatic rings. The molecule has 2 saturated heterocycles. The van der Waals surface area contributed by atoms with Crippen molar-refractivity contribution in [1.82, 2.24) is 0 Å². The van der Waals surface area contributed by atoms with E-state index in [2.05, 4.69) is 52.2 Å². The molecular weight excluding hydrogens is 462 g/mol. The zero-order chi connectivity index (χ0) is 18.8. The number of hydrogen-bond donors (Lipinski definition) is 0. The fourth-order valence-corrected chi connectivity index (χ4v) is 4.75. The van der Waals surface area contributed by atoms with Gasteiger partial charge < -0.3 is 0 Å². The van der Waals surface area contributed by atoms with Crippen LogP contribution in [0.25, 0.3) is 0 Å². The van der Waals surface area contributed by atoms with Crippen LogP contribution in [0.1, 0.15) is 27.7 Å². The van der Waals surface area contributed by atoms with E-state index in [1.807, 2.05) is 64.2 Å². The van der Waals surface area contributed by atoms with Crippen molar-refractivity contribution < 1.29 is 34.1 Å². The van der Waals surface area contributed by atoms with Crippen LogP contribution in [0.2, 0.25) is 0 Å². The van der Waals surface area contributed by atoms with Crippen molar-refractivity contribution in [3.8, 4) is 0 Å². The molecule has 0 bridgehead atoms. The zero-order valence-electron chi connectivity index (χ0n) is 16.8. The van der Waals surface area contributed by atoms with Gasteiger partial charge in [-0.1, -0.05) is 39.8 Å². The molecule has 0 aromatic heterocycles. The maximum Gasteiger partial charge on any atom is 0.0257 e. The molecule has 0 N–H and O–H groups in total. The van der Waals surface area contributed by atoms with Gasteiger partial charge in [0.25, 0.3) is 0 Å². The summed E-state index contributed by atoms with van der Waals surface area (Å²) >= 11 is 0. The van der Waals surface area contributed by atoms with Crippen molar-refractivity contribution in [3.05, 3.63) is 124 Å². The van der Waals surface area contributed by atoms with Crippen molar-refractivity contribution in [2.24, 2.45) is 0 Å². The SMILES string of the molecule is C[C]1[CH]P[C](/C=C/[C]2P[CH][C](C)[C]2C)[C]1C.[CH]1[CH][CH][CH][CH]1.[CH]1[CH][CH][CH][CH]1.[Fe].[Fe]. The average Bonchev–Trinajstić information content (AvgIpc) is 3.44. The predicted molar refractivity (Wildman–Crippen MR) is 120 cm³/mol. The predicted octanol–water partition coefficient (Wildman–Crippen LogP) is 6.73. The van der Waals surface area contributed by atoms with Gasteiger partial charge in [-0.25, -0.2) is 0 Å². The Morgan fingerprint density at radius 1 is 0.500 bits per heavy atom. The maximum absolute atomic E-state index is 2.34. The molecule has 0 nitrogen and oxygen atoms in total. The van der Waals surface area contributed by atoms with E-state index in [4.69, 9.17) is 0 Å². The second kappa shape index (κ2) is 17.2. The van der Waals surface area contributed by atoms with Crippen molar-refractivity contribution in [1.29, 1.82) is 0 Å². The molecule has 2 aliphatic heterocycles. The van der Waals surface area contributed by atoms with Gasteiger partial charge in [-0.3, -0.25) is 0 Å². The summed E-state index contributed by atoms with van der Waals surface area (Å²) in [6.45, 7) is 8.87. The number of allylic oxidation sites excluding steroid dienone is 2. The van der Waals surface area contributed by atoms with Crippen LogP contribution < -0.4 is 0 Å². The minimum absolute atomic E-state index is 0. The van der Waals surface area contributed by atoms with Gasteiger partial charge in [-0.05, 0) is 100 Å². The summed E-state index contributed by atoms with van der Waals surface area (Å²) in [5.41, 5.74) is 3.01. The zero-order valence-corrected chi connectivity index (χ0v) is 21.0. The summed E-state index contributed by atoms with van der Waals surface area (Å²) in [6.07, 6.45) is 29.3. The molecule has 2 saturated carbocycles. The van der Waals surface area contributed by atoms with Gasteiger partial charge in [0.15, 0.2) is 0 Å². The van der Waals surface area contributed by atoms with Crippen molar-refractivity contribution in [2.75, 3.05) is 0 Å². The fraction of sp³-hybridized carbons (Fsp3) is 0.167. The summed E-state index contributed by atoms with van der Waals surface area (Å²) in [6, 6.07) is 0. The molecule has 0 aromatic carbocycles. The first kappa shape index (κ1) is 29.6. The van der Waals surface area contributed by atoms with Crippen LogP contribution in [0.5, 0.6) is 0 Å². The van der Waals surface area contributed by atoms with E-state index in [9.17, 15) is 0 Å². The standard InChI is InChI=1S/C14H18P2.2C5H5.2Fe/c1-9-7-15-13(11(9)3)5-6-14-12(4)10(2)8-16-14;2*1-2-4-5-3-1;;/h5-8,15-16H,1-4H3;2*1-5H;;/b6-5+;;;;. The first-order valence-corrected chi connectivity index (χ1v) is 11.1. The molecule has 2 atom stereocenters. The Morgan fingerprint density at radius 3 is 0.929 bits per heavy atom. The van der Waals surface area contributed by atoms with E-state index in [-0.39, 0.29) is 34.1 Å². The van der Waals surface area contributed by atoms with E-state index in [0.717, 1.165) is 17.2 Å². The van der Waals surface area contributed by atoms with Crippen LogP contribution in [0, 0.1) is 112 Å². The summed E-state index contributed by atoms with van der Waals surface area (Å²) in [5, 5.41) is 0. The summed E-state index contributed by atoms with van der Waals surface area (Å²) in [4.78, 5) is 0. The number of hydrogen-bond acceptors (Lipinski definition) is 0. The van der Waals surface area contributed by atoms with Crippen LogP contribution in [0.15, 0.2) is 12.2 Å². The molecule has 4 rings (SSSR count). The van der Waals surface area contributed by atoms with Crippen molar-refractivity contribution >= 4 is 17.2 Å². The molecule has 4 fully saturated rings. The van der Waals surface area contributed by atoms with Gasteiger partial charge in [0.05, 0.1) is 0 Å². The molecule has 150 valence electrons. The van der Waals surface area contributed by atoms with Crippen LogP contribution >= 0.6 is 17.2 Å². The van der Waals surface area contributed by atoms with Crippen molar-refractivity contribution in [3.63, 3.8) is 0 Å². The normalized spacial score (nSPS) is 26.9. The smallest absolute Gasteiger partial charge is 0.0257 e. The number of rotatable bonds is 2. The van der Waals surface area contributed by atoms with E-state index >= 15 is 0 Å². The Bertz CT molecular complexity index is 343. The molecule has 4 heteroatoms. The Balaban J connectivity index is 0.000000500. The van der Waals surface area contributed by atoms with Gasteiger partial charge in [0, 0.05) is 45.5 Å². The molecule has 0 amide bonds. The first-order valence-electron chi connectivity index (χ1n) is 8.90. The van der Waals surface area contributed by atoms with Crippen LogP contribution in [0.4, 0.5) is 0 Å². The second-order valence-corrected chi connectivity index (χ2v) is 8.51. The van der Waals surface area contributed by atoms with Crippen LogP contribution in [0.3, 0.4) is 0 Å². The topological polar surface area (TPSA) is 0 Å². The average molecular weight is 490 g/mol. The third-order valence-corrected chi connectivity index (χ3v) is 7.27. The minimum Gasteiger partial charge on any atom is -0.105 e. The van der Waals surface area contributed by atoms with Gasteiger partial charge in [-0.15, -0.1) is 17.2 Å². The Labute approximate surface area is 201 Å². The summed E-state index contributed by atoms with van der Waals surface area (Å²) in [5.74, 6) is 5.84. The molecule has 28 heavy (non-hydrogen) atoms. The van der Waals surface area contributed by atoms with Gasteiger partial charge in [0.2, 0.25) is 0 Å². The Morgan fingerprint density at radius 2 is 0.750 bits per heavy atom. The molecule has 0 spiro atoms. The van der Waals surface area contributed by atoms with E-state index in [1.165, 1.54) is 35.0 Å². The molecule has 18 radical (unpaired) electrons. The fourth-order valence-electron chi connectivity index (χ4n) is 2.38.